The van der Waals surface area contributed by atoms with Gasteiger partial charge < -0.3 is 19.1 Å². The van der Waals surface area contributed by atoms with Crippen LogP contribution in [0.15, 0.2) is 48.5 Å². The van der Waals surface area contributed by atoms with E-state index in [1.807, 2.05) is 0 Å². The normalized spacial score (nSPS) is 16.2. The Hall–Kier alpha value is -5.07. The highest BCUT2D eigenvalue weighted by molar-refractivity contribution is 6.09. The van der Waals surface area contributed by atoms with Gasteiger partial charge in [0.15, 0.2) is 23.2 Å². The van der Waals surface area contributed by atoms with Gasteiger partial charge >= 0.3 is 6.09 Å². The molecule has 43 heavy (non-hydrogen) atoms. The Balaban J connectivity index is 1.54. The number of amides is 4. The number of rotatable bonds is 7. The van der Waals surface area contributed by atoms with Crippen LogP contribution in [0.5, 0.6) is 17.2 Å². The Labute approximate surface area is 243 Å². The number of methoxy groups -OCH3 is 1. The molecule has 2 aliphatic heterocycles. The Morgan fingerprint density at radius 3 is 2.26 bits per heavy atom. The van der Waals surface area contributed by atoms with Crippen LogP contribution in [0, 0.1) is 17.5 Å². The second kappa shape index (κ2) is 11.7. The predicted octanol–water partition coefficient (Wildman–Crippen LogP) is 5.35. The van der Waals surface area contributed by atoms with Crippen molar-refractivity contribution in [2.24, 2.45) is 0 Å². The molecule has 4 amide bonds. The van der Waals surface area contributed by atoms with E-state index < -0.39 is 53.4 Å². The number of benzene rings is 3. The molecule has 13 heteroatoms. The van der Waals surface area contributed by atoms with Crippen molar-refractivity contribution in [3.05, 3.63) is 77.1 Å². The first kappa shape index (κ1) is 29.4. The minimum Gasteiger partial charge on any atom is -0.488 e. The summed E-state index contributed by atoms with van der Waals surface area (Å²) in [4.78, 5) is 53.2. The molecule has 1 unspecified atom stereocenters. The highest BCUT2D eigenvalue weighted by Crippen LogP contribution is 2.44. The fraction of sp³-hybridized carbons (Fsp3) is 0.267. The van der Waals surface area contributed by atoms with Crippen molar-refractivity contribution in [3.63, 3.8) is 0 Å². The average Bonchev–Trinajstić information content (AvgIpc) is 3.28. The second-order valence-corrected chi connectivity index (χ2v) is 10.1. The number of hydrogen-bond donors (Lipinski definition) is 1. The maximum atomic E-state index is 15.6. The summed E-state index contributed by atoms with van der Waals surface area (Å²) in [7, 11) is 1.10. The van der Waals surface area contributed by atoms with E-state index in [4.69, 9.17) is 14.2 Å². The summed E-state index contributed by atoms with van der Waals surface area (Å²) in [6.07, 6.45) is -1.27. The molecule has 5 rings (SSSR count). The Bertz CT molecular complexity index is 1650. The zero-order valence-electron chi connectivity index (χ0n) is 23.3. The lowest BCUT2D eigenvalue weighted by Crippen LogP contribution is -2.52. The molecule has 0 bridgehead atoms. The molecule has 0 spiro atoms. The molecule has 0 saturated carbocycles. The maximum Gasteiger partial charge on any atom is 0.418 e. The van der Waals surface area contributed by atoms with Gasteiger partial charge in [-0.15, -0.1) is 0 Å². The smallest absolute Gasteiger partial charge is 0.418 e. The molecule has 3 aromatic rings. The van der Waals surface area contributed by atoms with Crippen molar-refractivity contribution < 1.29 is 46.6 Å². The minimum absolute atomic E-state index is 0.00838. The third-order valence-electron chi connectivity index (χ3n) is 6.86. The van der Waals surface area contributed by atoms with Gasteiger partial charge in [-0.2, -0.15) is 0 Å². The van der Waals surface area contributed by atoms with E-state index in [2.05, 4.69) is 5.32 Å². The van der Waals surface area contributed by atoms with Gasteiger partial charge in [0, 0.05) is 25.1 Å². The quantitative estimate of drug-likeness (QED) is 0.365. The maximum absolute atomic E-state index is 15.6. The van der Waals surface area contributed by atoms with Crippen LogP contribution >= 0.6 is 0 Å². The number of carbonyl (C=O) groups is 4. The number of piperidine rings is 1. The predicted molar refractivity (Wildman–Crippen MR) is 146 cm³/mol. The monoisotopic (exact) mass is 597 g/mol. The molecule has 0 radical (unpaired) electrons. The standard InChI is InChI=1S/C30H26F3N3O7/c1-15(2)42-27-23(8-4-16-14-35(29(39)26(16)27)24-10-11-25(37)34-28(24)38)36(30(40)41-3)22-9-6-18(13-21(22)33)43-17-5-7-19(31)20(32)12-17/h4-9,12-13,15,24H,10-11,14H2,1-3H3,(H,34,37,38). The topological polar surface area (TPSA) is 114 Å². The van der Waals surface area contributed by atoms with Gasteiger partial charge in [-0.3, -0.25) is 19.7 Å². The molecule has 1 N–H and O–H groups in total. The molecule has 3 aromatic carbocycles. The van der Waals surface area contributed by atoms with Gasteiger partial charge in [0.2, 0.25) is 11.8 Å². The largest absolute Gasteiger partial charge is 0.488 e. The summed E-state index contributed by atoms with van der Waals surface area (Å²) in [5.41, 5.74) is 0.301. The summed E-state index contributed by atoms with van der Waals surface area (Å²) in [6.45, 7) is 3.46. The van der Waals surface area contributed by atoms with E-state index in [0.29, 0.717) is 5.56 Å². The Morgan fingerprint density at radius 1 is 0.953 bits per heavy atom. The van der Waals surface area contributed by atoms with E-state index in [9.17, 15) is 28.0 Å². The van der Waals surface area contributed by atoms with Gasteiger partial charge in [0.05, 0.1) is 30.2 Å². The summed E-state index contributed by atoms with van der Waals surface area (Å²) in [6, 6.07) is 8.45. The molecule has 1 atom stereocenters. The molecular weight excluding hydrogens is 571 g/mol. The zero-order chi connectivity index (χ0) is 31.0. The van der Waals surface area contributed by atoms with Crippen molar-refractivity contribution >= 4 is 35.2 Å². The van der Waals surface area contributed by atoms with E-state index in [-0.39, 0.29) is 53.6 Å². The lowest BCUT2D eigenvalue weighted by molar-refractivity contribution is -0.136. The zero-order valence-corrected chi connectivity index (χ0v) is 23.3. The number of halogens is 3. The van der Waals surface area contributed by atoms with Crippen LogP contribution in [0.1, 0.15) is 42.6 Å². The molecule has 1 saturated heterocycles. The van der Waals surface area contributed by atoms with Crippen LogP contribution < -0.4 is 19.7 Å². The lowest BCUT2D eigenvalue weighted by Gasteiger charge is -2.29. The van der Waals surface area contributed by atoms with E-state index in [0.717, 1.165) is 30.2 Å². The average molecular weight is 598 g/mol. The highest BCUT2D eigenvalue weighted by Gasteiger charge is 2.42. The number of nitrogens with zero attached hydrogens (tertiary/aromatic N) is 2. The van der Waals surface area contributed by atoms with Gasteiger partial charge in [0.25, 0.3) is 5.91 Å². The van der Waals surface area contributed by atoms with Gasteiger partial charge in [-0.25, -0.2) is 22.9 Å². The van der Waals surface area contributed by atoms with Gasteiger partial charge in [-0.1, -0.05) is 6.07 Å². The van der Waals surface area contributed by atoms with E-state index in [1.165, 1.54) is 29.2 Å². The number of carbonyl (C=O) groups excluding carboxylic acids is 4. The second-order valence-electron chi connectivity index (χ2n) is 10.1. The SMILES string of the molecule is COC(=O)N(c1ccc(Oc2ccc(F)c(F)c2)cc1F)c1ccc2c(c1OC(C)C)C(=O)N(C1CCC(=O)NC1=O)C2. The number of fused-ring (bicyclic) bond motifs is 1. The van der Waals surface area contributed by atoms with Crippen molar-refractivity contribution in [1.29, 1.82) is 0 Å². The number of hydrogen-bond acceptors (Lipinski definition) is 7. The molecule has 224 valence electrons. The van der Waals surface area contributed by atoms with E-state index >= 15 is 4.39 Å². The first-order valence-corrected chi connectivity index (χ1v) is 13.3. The Kier molecular flexibility index (Phi) is 7.98. The molecule has 2 heterocycles. The molecule has 1 fully saturated rings. The van der Waals surface area contributed by atoms with Crippen LogP contribution in [0.4, 0.5) is 29.3 Å². The van der Waals surface area contributed by atoms with Crippen molar-refractivity contribution in [1.82, 2.24) is 10.2 Å². The third kappa shape index (κ3) is 5.70. The lowest BCUT2D eigenvalue weighted by atomic mass is 10.0. The van der Waals surface area contributed by atoms with Crippen LogP contribution in [-0.2, 0) is 20.9 Å². The molecule has 0 aromatic heterocycles. The van der Waals surface area contributed by atoms with E-state index in [1.54, 1.807) is 19.9 Å². The van der Waals surface area contributed by atoms with Crippen LogP contribution in [0.3, 0.4) is 0 Å². The number of imide groups is 1. The van der Waals surface area contributed by atoms with Crippen LogP contribution in [-0.4, -0.2) is 48.0 Å². The molecule has 0 aliphatic carbocycles. The first-order valence-electron chi connectivity index (χ1n) is 13.3. The van der Waals surface area contributed by atoms with Crippen molar-refractivity contribution in [2.75, 3.05) is 12.0 Å². The summed E-state index contributed by atoms with van der Waals surface area (Å²) in [5, 5.41) is 2.25. The van der Waals surface area contributed by atoms with Crippen molar-refractivity contribution in [3.8, 4) is 17.2 Å². The summed E-state index contributed by atoms with van der Waals surface area (Å²) in [5.74, 6) is -4.91. The first-order chi connectivity index (χ1) is 20.5. The van der Waals surface area contributed by atoms with Gasteiger partial charge in [0.1, 0.15) is 17.5 Å². The number of nitrogens with one attached hydrogen (secondary N) is 1. The van der Waals surface area contributed by atoms with Crippen LogP contribution in [0.2, 0.25) is 0 Å². The molecule has 2 aliphatic rings. The minimum atomic E-state index is -1.15. The Morgan fingerprint density at radius 2 is 1.63 bits per heavy atom. The fourth-order valence-electron chi connectivity index (χ4n) is 4.97. The van der Waals surface area contributed by atoms with Gasteiger partial charge in [-0.05, 0) is 56.2 Å². The molecule has 10 nitrogen and oxygen atoms in total. The summed E-state index contributed by atoms with van der Waals surface area (Å²) < 4.78 is 58.9. The van der Waals surface area contributed by atoms with Crippen molar-refractivity contribution in [2.45, 2.75) is 45.4 Å². The number of anilines is 2. The number of ether oxygens (including phenoxy) is 3. The highest BCUT2D eigenvalue weighted by atomic mass is 19.2. The third-order valence-corrected chi connectivity index (χ3v) is 6.86. The summed E-state index contributed by atoms with van der Waals surface area (Å²) >= 11 is 0. The molecular formula is C30H26F3N3O7. The fourth-order valence-corrected chi connectivity index (χ4v) is 4.97. The van der Waals surface area contributed by atoms with Crippen LogP contribution in [0.25, 0.3) is 0 Å².